The first-order chi connectivity index (χ1) is 8.83. The molecule has 0 heterocycles. The molecule has 0 atom stereocenters. The van der Waals surface area contributed by atoms with Gasteiger partial charge >= 0.3 is 6.09 Å². The number of hydrogen-bond acceptors (Lipinski definition) is 3. The Labute approximate surface area is 109 Å². The number of carbonyl (C=O) groups is 1. The molecule has 2 N–H and O–H groups in total. The monoisotopic (exact) mass is 250 g/mol. The minimum absolute atomic E-state index is 0.445. The van der Waals surface area contributed by atoms with Crippen LogP contribution in [0.1, 0.15) is 31.2 Å². The van der Waals surface area contributed by atoms with Gasteiger partial charge in [-0.2, -0.15) is 0 Å². The number of amides is 1. The van der Waals surface area contributed by atoms with Crippen molar-refractivity contribution in [2.45, 2.75) is 32.1 Å². The van der Waals surface area contributed by atoms with E-state index in [1.54, 1.807) is 0 Å². The Hall–Kier alpha value is -1.55. The summed E-state index contributed by atoms with van der Waals surface area (Å²) in [5.41, 5.74) is 6.66. The second-order valence-corrected chi connectivity index (χ2v) is 4.19. The van der Waals surface area contributed by atoms with E-state index in [1.165, 1.54) is 31.9 Å². The van der Waals surface area contributed by atoms with Crippen LogP contribution >= 0.6 is 0 Å². The van der Waals surface area contributed by atoms with Gasteiger partial charge in [0.05, 0.1) is 7.11 Å². The van der Waals surface area contributed by atoms with Crippen LogP contribution in [0.3, 0.4) is 0 Å². The number of benzene rings is 1. The zero-order valence-electron chi connectivity index (χ0n) is 10.9. The largest absolute Gasteiger partial charge is 0.452 e. The lowest BCUT2D eigenvalue weighted by Crippen LogP contribution is -2.37. The lowest BCUT2D eigenvalue weighted by molar-refractivity contribution is 0.165. The van der Waals surface area contributed by atoms with E-state index in [0.717, 1.165) is 19.4 Å². The van der Waals surface area contributed by atoms with Crippen LogP contribution in [-0.2, 0) is 11.2 Å². The second-order valence-electron chi connectivity index (χ2n) is 4.19. The molecule has 0 aliphatic carbocycles. The number of aryl methyl sites for hydroxylation is 1. The van der Waals surface area contributed by atoms with Crippen molar-refractivity contribution in [2.24, 2.45) is 0 Å². The van der Waals surface area contributed by atoms with Crippen LogP contribution in [0.25, 0.3) is 0 Å². The van der Waals surface area contributed by atoms with Crippen LogP contribution in [0.5, 0.6) is 0 Å². The van der Waals surface area contributed by atoms with Crippen LogP contribution in [0.4, 0.5) is 4.79 Å². The molecule has 0 aliphatic rings. The number of unbranched alkanes of at least 4 members (excludes halogenated alkanes) is 3. The first-order valence-electron chi connectivity index (χ1n) is 6.43. The van der Waals surface area contributed by atoms with Gasteiger partial charge in [0, 0.05) is 6.54 Å². The maximum absolute atomic E-state index is 10.7. The first-order valence-corrected chi connectivity index (χ1v) is 6.43. The summed E-state index contributed by atoms with van der Waals surface area (Å²) in [6.07, 6.45) is 5.36. The molecule has 0 aliphatic heterocycles. The molecule has 1 aromatic carbocycles. The standard InChI is InChI=1S/C14H22N2O2/c1-18-14(17)16-15-12-8-3-2-5-9-13-10-6-4-7-11-13/h4,6-7,10-11,15H,2-3,5,8-9,12H2,1H3,(H,16,17). The van der Waals surface area contributed by atoms with E-state index >= 15 is 0 Å². The molecule has 0 radical (unpaired) electrons. The lowest BCUT2D eigenvalue weighted by Gasteiger charge is -2.05. The van der Waals surface area contributed by atoms with Gasteiger partial charge in [-0.25, -0.2) is 10.2 Å². The Morgan fingerprint density at radius 1 is 1.11 bits per heavy atom. The van der Waals surface area contributed by atoms with E-state index in [2.05, 4.69) is 39.9 Å². The van der Waals surface area contributed by atoms with Gasteiger partial charge in [-0.05, 0) is 24.8 Å². The van der Waals surface area contributed by atoms with Gasteiger partial charge in [0.1, 0.15) is 0 Å². The molecule has 18 heavy (non-hydrogen) atoms. The van der Waals surface area contributed by atoms with Gasteiger partial charge in [0.2, 0.25) is 0 Å². The summed E-state index contributed by atoms with van der Waals surface area (Å²) >= 11 is 0. The third-order valence-electron chi connectivity index (χ3n) is 2.74. The van der Waals surface area contributed by atoms with Gasteiger partial charge in [-0.1, -0.05) is 43.2 Å². The van der Waals surface area contributed by atoms with Crippen LogP contribution in [0, 0.1) is 0 Å². The fourth-order valence-electron chi connectivity index (χ4n) is 1.73. The van der Waals surface area contributed by atoms with Gasteiger partial charge in [0.25, 0.3) is 0 Å². The Morgan fingerprint density at radius 3 is 2.56 bits per heavy atom. The molecule has 0 saturated carbocycles. The highest BCUT2D eigenvalue weighted by atomic mass is 16.5. The Morgan fingerprint density at radius 2 is 1.83 bits per heavy atom. The van der Waals surface area contributed by atoms with E-state index in [1.807, 2.05) is 6.07 Å². The number of rotatable bonds is 8. The predicted octanol–water partition coefficient (Wildman–Crippen LogP) is 2.65. The molecule has 0 unspecified atom stereocenters. The Bertz CT molecular complexity index is 328. The van der Waals surface area contributed by atoms with Gasteiger partial charge < -0.3 is 4.74 Å². The van der Waals surface area contributed by atoms with E-state index in [4.69, 9.17) is 0 Å². The molecule has 1 amide bonds. The molecular formula is C14H22N2O2. The minimum Gasteiger partial charge on any atom is -0.452 e. The molecule has 4 heteroatoms. The number of carbonyl (C=O) groups excluding carboxylic acids is 1. The smallest absolute Gasteiger partial charge is 0.421 e. The van der Waals surface area contributed by atoms with E-state index in [-0.39, 0.29) is 0 Å². The quantitative estimate of drug-likeness (QED) is 0.551. The Balaban J connectivity index is 1.89. The van der Waals surface area contributed by atoms with Crippen molar-refractivity contribution < 1.29 is 9.53 Å². The molecule has 4 nitrogen and oxygen atoms in total. The summed E-state index contributed by atoms with van der Waals surface area (Å²) in [5, 5.41) is 0. The molecule has 0 fully saturated rings. The fraction of sp³-hybridized carbons (Fsp3) is 0.500. The number of ether oxygens (including phenoxy) is 1. The zero-order valence-corrected chi connectivity index (χ0v) is 10.9. The summed E-state index contributed by atoms with van der Waals surface area (Å²) in [6, 6.07) is 10.5. The van der Waals surface area contributed by atoms with Gasteiger partial charge in [-0.15, -0.1) is 0 Å². The highest BCUT2D eigenvalue weighted by Crippen LogP contribution is 2.06. The number of hydrogen-bond donors (Lipinski definition) is 2. The normalized spacial score (nSPS) is 10.1. The maximum atomic E-state index is 10.7. The minimum atomic E-state index is -0.445. The molecule has 0 bridgehead atoms. The fourth-order valence-corrected chi connectivity index (χ4v) is 1.73. The third-order valence-corrected chi connectivity index (χ3v) is 2.74. The predicted molar refractivity (Wildman–Crippen MR) is 72.2 cm³/mol. The number of hydrazine groups is 1. The molecule has 0 spiro atoms. The van der Waals surface area contributed by atoms with Crippen molar-refractivity contribution in [2.75, 3.05) is 13.7 Å². The summed E-state index contributed by atoms with van der Waals surface area (Å²) in [7, 11) is 1.35. The van der Waals surface area contributed by atoms with Crippen LogP contribution in [0.15, 0.2) is 30.3 Å². The van der Waals surface area contributed by atoms with Gasteiger partial charge in [-0.3, -0.25) is 5.43 Å². The second kappa shape index (κ2) is 9.48. The number of methoxy groups -OCH3 is 1. The summed E-state index contributed by atoms with van der Waals surface area (Å²) in [6.45, 7) is 0.778. The molecular weight excluding hydrogens is 228 g/mol. The van der Waals surface area contributed by atoms with Crippen molar-refractivity contribution in [3.05, 3.63) is 35.9 Å². The average Bonchev–Trinajstić information content (AvgIpc) is 2.42. The summed E-state index contributed by atoms with van der Waals surface area (Å²) in [5.74, 6) is 0. The molecule has 0 saturated heterocycles. The average molecular weight is 250 g/mol. The molecule has 100 valence electrons. The zero-order chi connectivity index (χ0) is 13.1. The number of nitrogens with one attached hydrogen (secondary N) is 2. The lowest BCUT2D eigenvalue weighted by atomic mass is 10.1. The van der Waals surface area contributed by atoms with Crippen molar-refractivity contribution in [3.8, 4) is 0 Å². The van der Waals surface area contributed by atoms with Crippen molar-refractivity contribution >= 4 is 6.09 Å². The first kappa shape index (κ1) is 14.5. The Kier molecular flexibility index (Phi) is 7.64. The maximum Gasteiger partial charge on any atom is 0.421 e. The van der Waals surface area contributed by atoms with E-state index in [0.29, 0.717) is 0 Å². The molecule has 1 aromatic rings. The highest BCUT2D eigenvalue weighted by Gasteiger charge is 1.96. The highest BCUT2D eigenvalue weighted by molar-refractivity contribution is 5.66. The van der Waals surface area contributed by atoms with Crippen molar-refractivity contribution in [1.29, 1.82) is 0 Å². The van der Waals surface area contributed by atoms with Gasteiger partial charge in [0.15, 0.2) is 0 Å². The van der Waals surface area contributed by atoms with E-state index in [9.17, 15) is 4.79 Å². The summed E-state index contributed by atoms with van der Waals surface area (Å²) < 4.78 is 4.43. The topological polar surface area (TPSA) is 50.4 Å². The van der Waals surface area contributed by atoms with Crippen molar-refractivity contribution in [1.82, 2.24) is 10.9 Å². The molecule has 0 aromatic heterocycles. The van der Waals surface area contributed by atoms with E-state index < -0.39 is 6.09 Å². The van der Waals surface area contributed by atoms with Crippen LogP contribution in [-0.4, -0.2) is 19.7 Å². The SMILES string of the molecule is COC(=O)NNCCCCCCc1ccccc1. The van der Waals surface area contributed by atoms with Crippen LogP contribution in [0.2, 0.25) is 0 Å². The third kappa shape index (κ3) is 6.91. The van der Waals surface area contributed by atoms with Crippen molar-refractivity contribution in [3.63, 3.8) is 0 Å². The molecule has 1 rings (SSSR count). The summed E-state index contributed by atoms with van der Waals surface area (Å²) in [4.78, 5) is 10.7. The van der Waals surface area contributed by atoms with Crippen LogP contribution < -0.4 is 10.9 Å².